The molecule has 2 fully saturated rings. The zero-order valence-electron chi connectivity index (χ0n) is 13.5. The van der Waals surface area contributed by atoms with Crippen LogP contribution in [-0.2, 0) is 11.0 Å². The third-order valence-corrected chi connectivity index (χ3v) is 4.48. The molecule has 0 saturated carbocycles. The lowest BCUT2D eigenvalue weighted by Crippen LogP contribution is -2.56. The van der Waals surface area contributed by atoms with E-state index in [4.69, 9.17) is 0 Å². The first-order chi connectivity index (χ1) is 11.5. The van der Waals surface area contributed by atoms with E-state index in [0.29, 0.717) is 0 Å². The third-order valence-electron chi connectivity index (χ3n) is 4.48. The Hall–Kier alpha value is -2.00. The van der Waals surface area contributed by atoms with Gasteiger partial charge < -0.3 is 9.80 Å². The first kappa shape index (κ1) is 17.8. The van der Waals surface area contributed by atoms with Gasteiger partial charge in [-0.2, -0.15) is 13.2 Å². The van der Waals surface area contributed by atoms with Gasteiger partial charge in [-0.15, -0.1) is 0 Å². The number of nitrogens with zero attached hydrogens (tertiary/aromatic N) is 4. The number of aryl methyl sites for hydroxylation is 1. The number of piperidine rings is 1. The highest BCUT2D eigenvalue weighted by atomic mass is 19.4. The molecule has 0 atom stereocenters. The Morgan fingerprint density at radius 1 is 1.20 bits per heavy atom. The van der Waals surface area contributed by atoms with Crippen molar-refractivity contribution in [3.63, 3.8) is 0 Å². The first-order valence-electron chi connectivity index (χ1n) is 7.90. The van der Waals surface area contributed by atoms with Crippen LogP contribution in [0.2, 0.25) is 0 Å². The molecule has 0 N–H and O–H groups in total. The van der Waals surface area contributed by atoms with Gasteiger partial charge in [0.25, 0.3) is 5.92 Å². The van der Waals surface area contributed by atoms with Crippen LogP contribution in [0.5, 0.6) is 0 Å². The zero-order valence-corrected chi connectivity index (χ0v) is 13.5. The molecule has 0 radical (unpaired) electrons. The monoisotopic (exact) mass is 364 g/mol. The van der Waals surface area contributed by atoms with Gasteiger partial charge in [0.15, 0.2) is 0 Å². The van der Waals surface area contributed by atoms with Crippen molar-refractivity contribution in [3.05, 3.63) is 17.6 Å². The molecule has 25 heavy (non-hydrogen) atoms. The predicted octanol–water partition coefficient (Wildman–Crippen LogP) is 2.50. The van der Waals surface area contributed by atoms with E-state index in [2.05, 4.69) is 9.97 Å². The van der Waals surface area contributed by atoms with Crippen molar-refractivity contribution in [2.24, 2.45) is 5.92 Å². The van der Waals surface area contributed by atoms with Gasteiger partial charge in [0, 0.05) is 45.1 Å². The summed E-state index contributed by atoms with van der Waals surface area (Å²) in [5.74, 6) is -3.24. The second-order valence-corrected chi connectivity index (χ2v) is 6.44. The van der Waals surface area contributed by atoms with E-state index >= 15 is 0 Å². The van der Waals surface area contributed by atoms with Crippen LogP contribution < -0.4 is 4.90 Å². The van der Waals surface area contributed by atoms with Crippen LogP contribution in [0, 0.1) is 12.8 Å². The fraction of sp³-hybridized carbons (Fsp3) is 0.667. The standard InChI is InChI=1S/C15H17F5N4O/c1-9-21-11(15(18,19)20)6-12(22-9)24-7-10(8-24)13(25)23-4-2-14(16,17)3-5-23/h6,10H,2-5,7-8H2,1H3. The van der Waals surface area contributed by atoms with Crippen molar-refractivity contribution in [1.82, 2.24) is 14.9 Å². The number of aromatic nitrogens is 2. The summed E-state index contributed by atoms with van der Waals surface area (Å²) in [4.78, 5) is 22.6. The topological polar surface area (TPSA) is 49.3 Å². The Kier molecular flexibility index (Phi) is 4.32. The van der Waals surface area contributed by atoms with Crippen molar-refractivity contribution >= 4 is 11.7 Å². The minimum absolute atomic E-state index is 0.00198. The molecule has 1 amide bonds. The van der Waals surface area contributed by atoms with Gasteiger partial charge in [-0.3, -0.25) is 4.79 Å². The largest absolute Gasteiger partial charge is 0.433 e. The maximum absolute atomic E-state index is 13.1. The Labute approximate surface area is 140 Å². The zero-order chi connectivity index (χ0) is 18.4. The summed E-state index contributed by atoms with van der Waals surface area (Å²) in [7, 11) is 0. The lowest BCUT2D eigenvalue weighted by atomic mass is 9.96. The van der Waals surface area contributed by atoms with Gasteiger partial charge in [-0.25, -0.2) is 18.7 Å². The molecule has 1 aromatic heterocycles. The Bertz CT molecular complexity index is 662. The minimum atomic E-state index is -4.57. The van der Waals surface area contributed by atoms with E-state index in [9.17, 15) is 26.7 Å². The lowest BCUT2D eigenvalue weighted by molar-refractivity contribution is -0.143. The van der Waals surface area contributed by atoms with E-state index in [0.717, 1.165) is 6.07 Å². The number of carbonyl (C=O) groups excluding carboxylic acids is 1. The fourth-order valence-corrected chi connectivity index (χ4v) is 2.99. The predicted molar refractivity (Wildman–Crippen MR) is 78.2 cm³/mol. The summed E-state index contributed by atoms with van der Waals surface area (Å²) < 4.78 is 64.7. The molecule has 2 saturated heterocycles. The molecule has 138 valence electrons. The summed E-state index contributed by atoms with van der Waals surface area (Å²) >= 11 is 0. The van der Waals surface area contributed by atoms with E-state index < -0.39 is 23.7 Å². The molecule has 3 rings (SSSR count). The molecule has 1 aromatic rings. The van der Waals surface area contributed by atoms with Crippen LogP contribution >= 0.6 is 0 Å². The number of alkyl halides is 5. The minimum Gasteiger partial charge on any atom is -0.355 e. The van der Waals surface area contributed by atoms with Gasteiger partial charge in [0.1, 0.15) is 17.3 Å². The van der Waals surface area contributed by atoms with Gasteiger partial charge in [0.2, 0.25) is 5.91 Å². The number of likely N-dealkylation sites (tertiary alicyclic amines) is 1. The number of carbonyl (C=O) groups is 1. The number of rotatable bonds is 2. The van der Waals surface area contributed by atoms with Crippen LogP contribution in [0.4, 0.5) is 27.8 Å². The number of hydrogen-bond donors (Lipinski definition) is 0. The van der Waals surface area contributed by atoms with Crippen LogP contribution in [0.1, 0.15) is 24.4 Å². The molecule has 3 heterocycles. The number of halogens is 5. The van der Waals surface area contributed by atoms with Crippen molar-refractivity contribution in [2.45, 2.75) is 31.9 Å². The lowest BCUT2D eigenvalue weighted by Gasteiger charge is -2.42. The molecule has 0 spiro atoms. The van der Waals surface area contributed by atoms with Crippen LogP contribution in [-0.4, -0.2) is 52.9 Å². The highest BCUT2D eigenvalue weighted by Gasteiger charge is 2.41. The molecule has 2 aliphatic rings. The molecule has 0 aliphatic carbocycles. The van der Waals surface area contributed by atoms with E-state index in [1.807, 2.05) is 0 Å². The van der Waals surface area contributed by atoms with E-state index in [-0.39, 0.29) is 56.6 Å². The number of anilines is 1. The molecular weight excluding hydrogens is 347 g/mol. The molecule has 2 aliphatic heterocycles. The quantitative estimate of drug-likeness (QED) is 0.757. The second-order valence-electron chi connectivity index (χ2n) is 6.44. The van der Waals surface area contributed by atoms with E-state index in [1.165, 1.54) is 11.8 Å². The van der Waals surface area contributed by atoms with Gasteiger partial charge >= 0.3 is 6.18 Å². The van der Waals surface area contributed by atoms with Crippen molar-refractivity contribution in [1.29, 1.82) is 0 Å². The summed E-state index contributed by atoms with van der Waals surface area (Å²) in [6, 6.07) is 0.856. The SMILES string of the molecule is Cc1nc(N2CC(C(=O)N3CCC(F)(F)CC3)C2)cc(C(F)(F)F)n1. The average Bonchev–Trinajstić information content (AvgIpc) is 2.44. The summed E-state index contributed by atoms with van der Waals surface area (Å²) in [6.45, 7) is 1.83. The van der Waals surface area contributed by atoms with Gasteiger partial charge in [-0.1, -0.05) is 0 Å². The molecule has 0 bridgehead atoms. The average molecular weight is 364 g/mol. The van der Waals surface area contributed by atoms with Crippen LogP contribution in [0.3, 0.4) is 0 Å². The number of hydrogen-bond acceptors (Lipinski definition) is 4. The third kappa shape index (κ3) is 3.82. The van der Waals surface area contributed by atoms with Crippen LogP contribution in [0.15, 0.2) is 6.07 Å². The highest BCUT2D eigenvalue weighted by molar-refractivity contribution is 5.82. The Morgan fingerprint density at radius 3 is 2.36 bits per heavy atom. The Morgan fingerprint density at radius 2 is 1.80 bits per heavy atom. The normalized spacial score (nSPS) is 21.2. The molecule has 0 aromatic carbocycles. The molecule has 5 nitrogen and oxygen atoms in total. The Balaban J connectivity index is 1.61. The molecule has 0 unspecified atom stereocenters. The van der Waals surface area contributed by atoms with Crippen LogP contribution in [0.25, 0.3) is 0 Å². The second kappa shape index (κ2) is 6.06. The van der Waals surface area contributed by atoms with E-state index in [1.54, 1.807) is 4.90 Å². The summed E-state index contributed by atoms with van der Waals surface area (Å²) in [6.07, 6.45) is -5.27. The van der Waals surface area contributed by atoms with Gasteiger partial charge in [-0.05, 0) is 6.92 Å². The fourth-order valence-electron chi connectivity index (χ4n) is 2.99. The summed E-state index contributed by atoms with van der Waals surface area (Å²) in [5.41, 5.74) is -1.02. The maximum atomic E-state index is 13.1. The van der Waals surface area contributed by atoms with Crippen molar-refractivity contribution in [3.8, 4) is 0 Å². The first-order valence-corrected chi connectivity index (χ1v) is 7.90. The maximum Gasteiger partial charge on any atom is 0.433 e. The highest BCUT2D eigenvalue weighted by Crippen LogP contribution is 2.33. The van der Waals surface area contributed by atoms with Gasteiger partial charge in [0.05, 0.1) is 5.92 Å². The van der Waals surface area contributed by atoms with Crippen molar-refractivity contribution in [2.75, 3.05) is 31.1 Å². The smallest absolute Gasteiger partial charge is 0.355 e. The molecular formula is C15H17F5N4O. The number of amides is 1. The summed E-state index contributed by atoms with van der Waals surface area (Å²) in [5, 5.41) is 0. The molecule has 10 heteroatoms. The van der Waals surface area contributed by atoms with Crippen molar-refractivity contribution < 1.29 is 26.7 Å².